The summed E-state index contributed by atoms with van der Waals surface area (Å²) in [6.45, 7) is 3.45. The molecular formula is C19H25Br2NO2. The van der Waals surface area contributed by atoms with Gasteiger partial charge in [-0.1, -0.05) is 15.9 Å². The number of nitrogens with one attached hydrogen (secondary N) is 1. The Labute approximate surface area is 160 Å². The fourth-order valence-electron chi connectivity index (χ4n) is 5.75. The third-order valence-corrected chi connectivity index (χ3v) is 7.10. The molecule has 2 atom stereocenters. The molecule has 1 aromatic rings. The van der Waals surface area contributed by atoms with Crippen LogP contribution in [-0.4, -0.2) is 22.9 Å². The van der Waals surface area contributed by atoms with Crippen molar-refractivity contribution in [2.75, 3.05) is 6.61 Å². The lowest BCUT2D eigenvalue weighted by molar-refractivity contribution is -0.142. The van der Waals surface area contributed by atoms with Crippen molar-refractivity contribution in [3.05, 3.63) is 26.6 Å². The summed E-state index contributed by atoms with van der Waals surface area (Å²) in [4.78, 5) is 0. The van der Waals surface area contributed by atoms with Crippen LogP contribution >= 0.6 is 31.9 Å². The van der Waals surface area contributed by atoms with E-state index in [1.807, 2.05) is 13.0 Å². The van der Waals surface area contributed by atoms with Gasteiger partial charge in [0.15, 0.2) is 0 Å². The van der Waals surface area contributed by atoms with Crippen molar-refractivity contribution in [3.8, 4) is 5.75 Å². The molecule has 0 saturated heterocycles. The molecule has 0 aliphatic heterocycles. The minimum Gasteiger partial charge on any atom is -0.492 e. The number of hydrogen-bond donors (Lipinski definition) is 2. The molecule has 0 radical (unpaired) electrons. The van der Waals surface area contributed by atoms with Crippen LogP contribution in [0.1, 0.15) is 51.0 Å². The number of hydrogen-bond acceptors (Lipinski definition) is 3. The highest BCUT2D eigenvalue weighted by molar-refractivity contribution is 9.11. The van der Waals surface area contributed by atoms with Crippen molar-refractivity contribution in [2.24, 2.45) is 11.8 Å². The lowest BCUT2D eigenvalue weighted by Gasteiger charge is -2.60. The molecule has 3 nitrogen and oxygen atoms in total. The van der Waals surface area contributed by atoms with Crippen LogP contribution in [0.4, 0.5) is 0 Å². The quantitative estimate of drug-likeness (QED) is 0.666. The van der Waals surface area contributed by atoms with Gasteiger partial charge >= 0.3 is 0 Å². The first-order chi connectivity index (χ1) is 11.4. The minimum absolute atomic E-state index is 0.108. The number of halogens is 2. The summed E-state index contributed by atoms with van der Waals surface area (Å²) in [6, 6.07) is 4.17. The highest BCUT2D eigenvalue weighted by atomic mass is 79.9. The van der Waals surface area contributed by atoms with Gasteiger partial charge in [0.1, 0.15) is 5.75 Å². The normalized spacial score (nSPS) is 37.0. The fourth-order valence-corrected chi connectivity index (χ4v) is 7.18. The molecule has 0 spiro atoms. The van der Waals surface area contributed by atoms with Gasteiger partial charge < -0.3 is 15.2 Å². The average molecular weight is 459 g/mol. The molecule has 4 aliphatic rings. The van der Waals surface area contributed by atoms with Crippen LogP contribution in [0.5, 0.6) is 5.75 Å². The van der Waals surface area contributed by atoms with E-state index in [2.05, 4.69) is 43.2 Å². The summed E-state index contributed by atoms with van der Waals surface area (Å²) in [5.74, 6) is 2.32. The van der Waals surface area contributed by atoms with Crippen molar-refractivity contribution < 1.29 is 9.84 Å². The molecule has 2 N–H and O–H groups in total. The zero-order chi connectivity index (χ0) is 16.9. The van der Waals surface area contributed by atoms with E-state index in [-0.39, 0.29) is 5.54 Å². The van der Waals surface area contributed by atoms with Crippen LogP contribution in [-0.2, 0) is 6.54 Å². The molecular weight excluding hydrogens is 434 g/mol. The van der Waals surface area contributed by atoms with Gasteiger partial charge in [0.05, 0.1) is 16.7 Å². The summed E-state index contributed by atoms with van der Waals surface area (Å²) in [5.41, 5.74) is 0.857. The van der Waals surface area contributed by atoms with Crippen LogP contribution in [0.15, 0.2) is 21.1 Å². The van der Waals surface area contributed by atoms with Gasteiger partial charge in [-0.25, -0.2) is 0 Å². The van der Waals surface area contributed by atoms with E-state index in [4.69, 9.17) is 4.74 Å². The van der Waals surface area contributed by atoms with Crippen LogP contribution in [0.3, 0.4) is 0 Å². The molecule has 0 aromatic heterocycles. The average Bonchev–Trinajstić information content (AvgIpc) is 2.46. The first-order valence-electron chi connectivity index (χ1n) is 8.98. The summed E-state index contributed by atoms with van der Waals surface area (Å²) in [6.07, 6.45) is 6.68. The largest absolute Gasteiger partial charge is 0.492 e. The molecule has 1 aromatic carbocycles. The second kappa shape index (κ2) is 6.26. The highest BCUT2D eigenvalue weighted by Gasteiger charge is 2.56. The number of aliphatic hydroxyl groups is 1. The van der Waals surface area contributed by atoms with Crippen LogP contribution in [0.2, 0.25) is 0 Å². The Hall–Kier alpha value is -0.100. The Morgan fingerprint density at radius 2 is 1.92 bits per heavy atom. The molecule has 5 heteroatoms. The topological polar surface area (TPSA) is 41.5 Å². The number of benzene rings is 1. The van der Waals surface area contributed by atoms with E-state index in [0.717, 1.165) is 40.5 Å². The Kier molecular flexibility index (Phi) is 4.51. The number of ether oxygens (including phenoxy) is 1. The smallest absolute Gasteiger partial charge is 0.138 e. The van der Waals surface area contributed by atoms with E-state index in [0.29, 0.717) is 18.4 Å². The van der Waals surface area contributed by atoms with Gasteiger partial charge in [0.2, 0.25) is 0 Å². The van der Waals surface area contributed by atoms with E-state index in [1.165, 1.54) is 24.8 Å². The molecule has 4 aliphatic carbocycles. The van der Waals surface area contributed by atoms with E-state index in [1.54, 1.807) is 0 Å². The molecule has 132 valence electrons. The predicted octanol–water partition coefficient (Wildman–Crippen LogP) is 4.78. The maximum atomic E-state index is 10.9. The Balaban J connectivity index is 1.55. The van der Waals surface area contributed by atoms with Gasteiger partial charge in [-0.05, 0) is 85.3 Å². The summed E-state index contributed by atoms with van der Waals surface area (Å²) in [7, 11) is 0. The molecule has 0 heterocycles. The van der Waals surface area contributed by atoms with Crippen molar-refractivity contribution in [1.82, 2.24) is 5.32 Å². The zero-order valence-corrected chi connectivity index (χ0v) is 17.2. The standard InChI is InChI=1S/C19H25Br2NO2/c1-2-24-17-14(4-15(20)5-16(17)21)10-22-18-6-12-3-13(7-18)9-19(23,8-12)11-18/h4-5,12-13,22-23H,2-3,6-11H2,1H3. The van der Waals surface area contributed by atoms with Gasteiger partial charge in [0.25, 0.3) is 0 Å². The second-order valence-electron chi connectivity index (χ2n) is 8.13. The summed E-state index contributed by atoms with van der Waals surface area (Å²) >= 11 is 7.21. The van der Waals surface area contributed by atoms with Gasteiger partial charge in [-0.15, -0.1) is 0 Å². The van der Waals surface area contributed by atoms with Gasteiger partial charge in [-0.3, -0.25) is 0 Å². The fraction of sp³-hybridized carbons (Fsp3) is 0.684. The molecule has 2 unspecified atom stereocenters. The summed E-state index contributed by atoms with van der Waals surface area (Å²) in [5, 5.41) is 14.8. The van der Waals surface area contributed by atoms with Crippen LogP contribution < -0.4 is 10.1 Å². The molecule has 5 rings (SSSR count). The SMILES string of the molecule is CCOc1c(Br)cc(Br)cc1CNC12CC3CC(CC(O)(C3)C1)C2. The molecule has 4 saturated carbocycles. The maximum Gasteiger partial charge on any atom is 0.138 e. The van der Waals surface area contributed by atoms with Crippen molar-refractivity contribution in [3.63, 3.8) is 0 Å². The molecule has 4 fully saturated rings. The highest BCUT2D eigenvalue weighted by Crippen LogP contribution is 2.57. The van der Waals surface area contributed by atoms with Crippen LogP contribution in [0, 0.1) is 11.8 Å². The lowest BCUT2D eigenvalue weighted by Crippen LogP contribution is -2.64. The molecule has 24 heavy (non-hydrogen) atoms. The van der Waals surface area contributed by atoms with Crippen molar-refractivity contribution in [2.45, 2.75) is 63.1 Å². The predicted molar refractivity (Wildman–Crippen MR) is 102 cm³/mol. The Bertz CT molecular complexity index is 634. The van der Waals surface area contributed by atoms with Gasteiger partial charge in [0, 0.05) is 22.1 Å². The minimum atomic E-state index is -0.419. The van der Waals surface area contributed by atoms with Crippen molar-refractivity contribution >= 4 is 31.9 Å². The van der Waals surface area contributed by atoms with Gasteiger partial charge in [-0.2, -0.15) is 0 Å². The number of rotatable bonds is 5. The third kappa shape index (κ3) is 3.17. The first-order valence-corrected chi connectivity index (χ1v) is 10.6. The molecule has 4 bridgehead atoms. The first kappa shape index (κ1) is 17.3. The van der Waals surface area contributed by atoms with E-state index in [9.17, 15) is 5.11 Å². The third-order valence-electron chi connectivity index (χ3n) is 6.06. The zero-order valence-electron chi connectivity index (χ0n) is 14.1. The van der Waals surface area contributed by atoms with E-state index >= 15 is 0 Å². The maximum absolute atomic E-state index is 10.9. The second-order valence-corrected chi connectivity index (χ2v) is 9.90. The molecule has 0 amide bonds. The van der Waals surface area contributed by atoms with Crippen molar-refractivity contribution in [1.29, 1.82) is 0 Å². The monoisotopic (exact) mass is 457 g/mol. The lowest BCUT2D eigenvalue weighted by atomic mass is 9.51. The van der Waals surface area contributed by atoms with E-state index < -0.39 is 5.60 Å². The Morgan fingerprint density at radius 3 is 2.54 bits per heavy atom. The summed E-state index contributed by atoms with van der Waals surface area (Å²) < 4.78 is 7.90. The Morgan fingerprint density at radius 1 is 1.21 bits per heavy atom. The van der Waals surface area contributed by atoms with Crippen LogP contribution in [0.25, 0.3) is 0 Å².